The smallest absolute Gasteiger partial charge is 0.453 e. The Morgan fingerprint density at radius 3 is 2.27 bits per heavy atom. The van der Waals surface area contributed by atoms with Gasteiger partial charge in [0.2, 0.25) is 0 Å². The molecule has 2 N–H and O–H groups in total. The summed E-state index contributed by atoms with van der Waals surface area (Å²) < 4.78 is 6.74. The van der Waals surface area contributed by atoms with Crippen LogP contribution in [-0.4, -0.2) is 32.4 Å². The van der Waals surface area contributed by atoms with Gasteiger partial charge in [-0.05, 0) is 38.5 Å². The summed E-state index contributed by atoms with van der Waals surface area (Å²) in [6.45, 7) is 5.02. The predicted octanol–water partition coefficient (Wildman–Crippen LogP) is 4.35. The molecule has 2 aromatic rings. The number of carbonyl (C=O) groups is 2. The van der Waals surface area contributed by atoms with E-state index >= 15 is 0 Å². The molecule has 0 aliphatic carbocycles. The van der Waals surface area contributed by atoms with Crippen molar-refractivity contribution in [3.8, 4) is 17.4 Å². The number of carbonyl (C=O) groups excluding carboxylic acids is 2. The first-order valence-corrected chi connectivity index (χ1v) is 9.13. The fourth-order valence-electron chi connectivity index (χ4n) is 2.11. The van der Waals surface area contributed by atoms with Gasteiger partial charge in [-0.3, -0.25) is 9.36 Å². The normalized spacial score (nSPS) is 11.7. The molecule has 9 heteroatoms. The first kappa shape index (κ1) is 19.9. The lowest BCUT2D eigenvalue weighted by Crippen LogP contribution is -2.21. The summed E-state index contributed by atoms with van der Waals surface area (Å²) in [4.78, 5) is 23.7. The van der Waals surface area contributed by atoms with Crippen molar-refractivity contribution in [2.45, 2.75) is 30.8 Å². The van der Waals surface area contributed by atoms with Gasteiger partial charge in [0, 0.05) is 22.1 Å². The predicted molar refractivity (Wildman–Crippen MR) is 102 cm³/mol. The number of azo groups is 1. The molecular formula is C17H18IN3O5. The highest BCUT2D eigenvalue weighted by molar-refractivity contribution is 14.1. The Labute approximate surface area is 163 Å². The second-order valence-electron chi connectivity index (χ2n) is 6.35. The van der Waals surface area contributed by atoms with Crippen molar-refractivity contribution in [2.75, 3.05) is 0 Å². The Kier molecular flexibility index (Phi) is 6.01. The molecule has 138 valence electrons. The molecule has 0 fully saturated rings. The van der Waals surface area contributed by atoms with E-state index in [0.717, 1.165) is 5.56 Å². The van der Waals surface area contributed by atoms with Crippen LogP contribution in [0.2, 0.25) is 0 Å². The van der Waals surface area contributed by atoms with E-state index in [2.05, 4.69) is 32.8 Å². The highest BCUT2D eigenvalue weighted by Crippen LogP contribution is 2.30. The molecule has 0 saturated heterocycles. The molecule has 0 aliphatic rings. The first-order valence-electron chi connectivity index (χ1n) is 7.60. The standard InChI is InChI=1S/C17H18IN3O5/c1-17(2,3)26-16(25)20-19-15(24)10-4-5-11(9-18)12(8-10)21-13(22)6-7-14(21)23/h4-8,22-23H,9H2,1-3H3. The van der Waals surface area contributed by atoms with Gasteiger partial charge in [-0.25, -0.2) is 4.79 Å². The molecular weight excluding hydrogens is 453 g/mol. The van der Waals surface area contributed by atoms with E-state index in [1.165, 1.54) is 28.8 Å². The summed E-state index contributed by atoms with van der Waals surface area (Å²) in [5.74, 6) is -1.09. The van der Waals surface area contributed by atoms with Crippen LogP contribution in [0, 0.1) is 0 Å². The van der Waals surface area contributed by atoms with Gasteiger partial charge >= 0.3 is 6.09 Å². The van der Waals surface area contributed by atoms with E-state index in [1.807, 2.05) is 0 Å². The summed E-state index contributed by atoms with van der Waals surface area (Å²) in [5.41, 5.74) is 0.622. The quantitative estimate of drug-likeness (QED) is 0.393. The van der Waals surface area contributed by atoms with E-state index < -0.39 is 17.6 Å². The van der Waals surface area contributed by atoms with E-state index in [9.17, 15) is 19.8 Å². The summed E-state index contributed by atoms with van der Waals surface area (Å²) in [6, 6.07) is 7.35. The fraction of sp³-hybridized carbons (Fsp3) is 0.294. The number of ether oxygens (including phenoxy) is 1. The molecule has 0 spiro atoms. The van der Waals surface area contributed by atoms with Gasteiger partial charge in [0.25, 0.3) is 5.91 Å². The number of benzene rings is 1. The lowest BCUT2D eigenvalue weighted by Gasteiger charge is -2.16. The van der Waals surface area contributed by atoms with Gasteiger partial charge in [-0.15, -0.1) is 0 Å². The van der Waals surface area contributed by atoms with Gasteiger partial charge in [-0.1, -0.05) is 38.9 Å². The Balaban J connectivity index is 2.32. The highest BCUT2D eigenvalue weighted by atomic mass is 127. The number of hydrogen-bond acceptors (Lipinski definition) is 5. The summed E-state index contributed by atoms with van der Waals surface area (Å²) in [5, 5.41) is 26.5. The van der Waals surface area contributed by atoms with Crippen molar-refractivity contribution in [2.24, 2.45) is 10.2 Å². The number of alkyl halides is 1. The number of aromatic nitrogens is 1. The van der Waals surface area contributed by atoms with Crippen LogP contribution in [0.3, 0.4) is 0 Å². The first-order chi connectivity index (χ1) is 12.1. The van der Waals surface area contributed by atoms with E-state index in [4.69, 9.17) is 4.74 Å². The minimum Gasteiger partial charge on any atom is -0.494 e. The van der Waals surface area contributed by atoms with Crippen molar-refractivity contribution >= 4 is 34.6 Å². The molecule has 0 aliphatic heterocycles. The molecule has 2 rings (SSSR count). The Morgan fingerprint density at radius 1 is 1.12 bits per heavy atom. The maximum Gasteiger partial charge on any atom is 0.453 e. The SMILES string of the molecule is CC(C)(C)OC(=O)N=NC(=O)c1ccc(CI)c(-n2c(O)ccc2O)c1. The third kappa shape index (κ3) is 4.81. The van der Waals surface area contributed by atoms with E-state index in [-0.39, 0.29) is 17.3 Å². The van der Waals surface area contributed by atoms with E-state index in [1.54, 1.807) is 26.8 Å². The van der Waals surface area contributed by atoms with Crippen molar-refractivity contribution < 1.29 is 24.5 Å². The summed E-state index contributed by atoms with van der Waals surface area (Å²) in [6.07, 6.45) is -0.962. The number of halogens is 1. The molecule has 0 bridgehead atoms. The fourth-order valence-corrected chi connectivity index (χ4v) is 2.75. The zero-order valence-electron chi connectivity index (χ0n) is 14.4. The van der Waals surface area contributed by atoms with Crippen LogP contribution < -0.4 is 0 Å². The molecule has 26 heavy (non-hydrogen) atoms. The third-order valence-corrected chi connectivity index (χ3v) is 3.99. The average molecular weight is 471 g/mol. The minimum atomic E-state index is -0.962. The second kappa shape index (κ2) is 7.85. The lowest BCUT2D eigenvalue weighted by molar-refractivity contribution is 0.0584. The number of amides is 2. The van der Waals surface area contributed by atoms with Crippen molar-refractivity contribution in [1.82, 2.24) is 4.57 Å². The largest absolute Gasteiger partial charge is 0.494 e. The Morgan fingerprint density at radius 2 is 1.73 bits per heavy atom. The molecule has 0 unspecified atom stereocenters. The Hall–Kier alpha value is -2.43. The minimum absolute atomic E-state index is 0.147. The maximum atomic E-state index is 12.2. The van der Waals surface area contributed by atoms with Crippen LogP contribution in [0.4, 0.5) is 4.79 Å². The molecule has 2 amide bonds. The number of hydrogen-bond donors (Lipinski definition) is 2. The molecule has 0 atom stereocenters. The molecule has 0 radical (unpaired) electrons. The Bertz CT molecular complexity index is 848. The van der Waals surface area contributed by atoms with Crippen molar-refractivity contribution in [3.63, 3.8) is 0 Å². The van der Waals surface area contributed by atoms with Crippen LogP contribution in [0.25, 0.3) is 5.69 Å². The number of aromatic hydroxyl groups is 2. The van der Waals surface area contributed by atoms with Gasteiger partial charge < -0.3 is 14.9 Å². The third-order valence-electron chi connectivity index (χ3n) is 3.17. The van der Waals surface area contributed by atoms with E-state index in [0.29, 0.717) is 10.1 Å². The topological polar surface area (TPSA) is 113 Å². The number of nitrogens with zero attached hydrogens (tertiary/aromatic N) is 3. The highest BCUT2D eigenvalue weighted by Gasteiger charge is 2.18. The molecule has 1 aromatic heterocycles. The van der Waals surface area contributed by atoms with Crippen LogP contribution in [0.5, 0.6) is 11.8 Å². The lowest BCUT2D eigenvalue weighted by atomic mass is 10.1. The van der Waals surface area contributed by atoms with Gasteiger partial charge in [-0.2, -0.15) is 0 Å². The second-order valence-corrected chi connectivity index (χ2v) is 7.11. The maximum absolute atomic E-state index is 12.2. The molecule has 1 aromatic carbocycles. The van der Waals surface area contributed by atoms with Crippen LogP contribution in [0.15, 0.2) is 40.6 Å². The molecule has 8 nitrogen and oxygen atoms in total. The number of rotatable bonds is 3. The van der Waals surface area contributed by atoms with Crippen molar-refractivity contribution in [3.05, 3.63) is 41.5 Å². The van der Waals surface area contributed by atoms with Gasteiger partial charge in [0.05, 0.1) is 5.69 Å². The monoisotopic (exact) mass is 471 g/mol. The zero-order valence-corrected chi connectivity index (χ0v) is 16.6. The zero-order chi connectivity index (χ0) is 19.5. The van der Waals surface area contributed by atoms with Gasteiger partial charge in [0.1, 0.15) is 5.60 Å². The average Bonchev–Trinajstić information content (AvgIpc) is 2.89. The van der Waals surface area contributed by atoms with Gasteiger partial charge in [0.15, 0.2) is 11.8 Å². The molecule has 1 heterocycles. The molecule has 0 saturated carbocycles. The van der Waals surface area contributed by atoms with Crippen molar-refractivity contribution in [1.29, 1.82) is 0 Å². The van der Waals surface area contributed by atoms with Crippen LogP contribution in [0.1, 0.15) is 36.7 Å². The summed E-state index contributed by atoms with van der Waals surface area (Å²) in [7, 11) is 0. The summed E-state index contributed by atoms with van der Waals surface area (Å²) >= 11 is 2.13. The van der Waals surface area contributed by atoms with Crippen LogP contribution >= 0.6 is 22.6 Å². The van der Waals surface area contributed by atoms with Crippen LogP contribution in [-0.2, 0) is 9.16 Å².